The van der Waals surface area contributed by atoms with Gasteiger partial charge in [-0.05, 0) is 54.9 Å². The molecule has 5 nitrogen and oxygen atoms in total. The number of nitrogens with zero attached hydrogens (tertiary/aromatic N) is 1. The van der Waals surface area contributed by atoms with Crippen molar-refractivity contribution in [2.75, 3.05) is 26.8 Å². The summed E-state index contributed by atoms with van der Waals surface area (Å²) < 4.78 is 11.5. The van der Waals surface area contributed by atoms with Crippen LogP contribution in [0.3, 0.4) is 0 Å². The number of rotatable bonds is 6. The lowest BCUT2D eigenvalue weighted by molar-refractivity contribution is 0.0163. The molecule has 2 aromatic rings. The molecule has 4 rings (SSSR count). The first-order valence-electron chi connectivity index (χ1n) is 10.6. The van der Waals surface area contributed by atoms with E-state index in [9.17, 15) is 4.79 Å². The lowest BCUT2D eigenvalue weighted by atomic mass is 10.1. The highest BCUT2D eigenvalue weighted by Crippen LogP contribution is 2.36. The van der Waals surface area contributed by atoms with Gasteiger partial charge in [0.25, 0.3) is 0 Å². The fraction of sp³-hybridized carbons (Fsp3) is 0.458. The molecule has 154 valence electrons. The third-order valence-corrected chi connectivity index (χ3v) is 6.06. The number of hydrogen-bond acceptors (Lipinski definition) is 3. The molecular weight excluding hydrogens is 364 g/mol. The van der Waals surface area contributed by atoms with Crippen LogP contribution in [0.5, 0.6) is 5.75 Å². The third kappa shape index (κ3) is 4.73. The molecule has 1 atom stereocenters. The van der Waals surface area contributed by atoms with Gasteiger partial charge in [0, 0.05) is 13.1 Å². The molecule has 1 aliphatic heterocycles. The Hall–Kier alpha value is -2.53. The van der Waals surface area contributed by atoms with E-state index >= 15 is 0 Å². The fourth-order valence-electron chi connectivity index (χ4n) is 4.42. The molecule has 0 radical (unpaired) electrons. The summed E-state index contributed by atoms with van der Waals surface area (Å²) >= 11 is 0. The van der Waals surface area contributed by atoms with E-state index in [1.165, 1.54) is 16.7 Å². The van der Waals surface area contributed by atoms with Crippen LogP contribution in [0.25, 0.3) is 0 Å². The first-order valence-corrected chi connectivity index (χ1v) is 10.6. The Morgan fingerprint density at radius 1 is 1.07 bits per heavy atom. The lowest BCUT2D eigenvalue weighted by Crippen LogP contribution is -2.46. The number of nitrogens with one attached hydrogen (secondary N) is 1. The van der Waals surface area contributed by atoms with Crippen LogP contribution in [0.1, 0.15) is 42.0 Å². The smallest absolute Gasteiger partial charge is 0.317 e. The van der Waals surface area contributed by atoms with Gasteiger partial charge in [-0.2, -0.15) is 0 Å². The minimum absolute atomic E-state index is 0.0356. The summed E-state index contributed by atoms with van der Waals surface area (Å²) in [6.45, 7) is 2.24. The first-order chi connectivity index (χ1) is 14.2. The fourth-order valence-corrected chi connectivity index (χ4v) is 4.42. The number of carbonyl (C=O) groups excluding carboxylic acids is 1. The minimum atomic E-state index is 0.0356. The van der Waals surface area contributed by atoms with Gasteiger partial charge in [-0.25, -0.2) is 4.79 Å². The zero-order valence-electron chi connectivity index (χ0n) is 17.1. The van der Waals surface area contributed by atoms with Gasteiger partial charge in [0.2, 0.25) is 0 Å². The maximum Gasteiger partial charge on any atom is 0.317 e. The summed E-state index contributed by atoms with van der Waals surface area (Å²) in [5, 5.41) is 3.23. The Kier molecular flexibility index (Phi) is 6.35. The van der Waals surface area contributed by atoms with Gasteiger partial charge >= 0.3 is 6.03 Å². The molecule has 0 aromatic heterocycles. The number of ether oxygens (including phenoxy) is 2. The van der Waals surface area contributed by atoms with Gasteiger partial charge in [0.1, 0.15) is 5.75 Å². The molecule has 5 heteroatoms. The van der Waals surface area contributed by atoms with Crippen molar-refractivity contribution in [3.63, 3.8) is 0 Å². The summed E-state index contributed by atoms with van der Waals surface area (Å²) in [5.74, 6) is 0.924. The van der Waals surface area contributed by atoms with Gasteiger partial charge in [0.05, 0.1) is 25.9 Å². The topological polar surface area (TPSA) is 50.8 Å². The van der Waals surface area contributed by atoms with Crippen LogP contribution in [0.15, 0.2) is 48.5 Å². The van der Waals surface area contributed by atoms with Crippen molar-refractivity contribution < 1.29 is 14.3 Å². The average molecular weight is 395 g/mol. The highest BCUT2D eigenvalue weighted by atomic mass is 16.5. The largest absolute Gasteiger partial charge is 0.496 e. The molecule has 2 amide bonds. The molecule has 1 unspecified atom stereocenters. The van der Waals surface area contributed by atoms with Crippen molar-refractivity contribution in [2.24, 2.45) is 0 Å². The van der Waals surface area contributed by atoms with Crippen LogP contribution < -0.4 is 10.1 Å². The van der Waals surface area contributed by atoms with E-state index < -0.39 is 0 Å². The van der Waals surface area contributed by atoms with Crippen molar-refractivity contribution in [3.8, 4) is 5.75 Å². The molecule has 2 aromatic carbocycles. The van der Waals surface area contributed by atoms with E-state index in [2.05, 4.69) is 35.6 Å². The molecule has 2 aliphatic rings. The Bertz CT molecular complexity index is 816. The monoisotopic (exact) mass is 394 g/mol. The average Bonchev–Trinajstić information content (AvgIpc) is 3.18. The second kappa shape index (κ2) is 9.31. The van der Waals surface area contributed by atoms with Gasteiger partial charge in [0.15, 0.2) is 0 Å². The van der Waals surface area contributed by atoms with Crippen LogP contribution in [0.4, 0.5) is 4.79 Å². The van der Waals surface area contributed by atoms with Gasteiger partial charge in [-0.15, -0.1) is 0 Å². The molecule has 0 saturated carbocycles. The van der Waals surface area contributed by atoms with Crippen molar-refractivity contribution in [1.82, 2.24) is 10.2 Å². The second-order valence-electron chi connectivity index (χ2n) is 7.86. The molecule has 1 N–H and O–H groups in total. The third-order valence-electron chi connectivity index (χ3n) is 6.06. The maximum atomic E-state index is 12.8. The molecular formula is C24H30N2O3. The van der Waals surface area contributed by atoms with Crippen LogP contribution >= 0.6 is 0 Å². The Balaban J connectivity index is 1.22. The van der Waals surface area contributed by atoms with Gasteiger partial charge in [-0.1, -0.05) is 42.5 Å². The highest BCUT2D eigenvalue weighted by molar-refractivity contribution is 5.75. The van der Waals surface area contributed by atoms with Crippen molar-refractivity contribution >= 4 is 6.03 Å². The van der Waals surface area contributed by atoms with E-state index in [0.717, 1.165) is 57.6 Å². The zero-order valence-corrected chi connectivity index (χ0v) is 17.1. The quantitative estimate of drug-likeness (QED) is 0.802. The Morgan fingerprint density at radius 3 is 2.62 bits per heavy atom. The van der Waals surface area contributed by atoms with E-state index in [-0.39, 0.29) is 18.2 Å². The van der Waals surface area contributed by atoms with Gasteiger partial charge < -0.3 is 19.7 Å². The van der Waals surface area contributed by atoms with E-state index in [1.807, 2.05) is 23.1 Å². The molecule has 1 fully saturated rings. The van der Waals surface area contributed by atoms with Crippen LogP contribution in [-0.4, -0.2) is 43.8 Å². The minimum Gasteiger partial charge on any atom is -0.496 e. The summed E-state index contributed by atoms with van der Waals surface area (Å²) in [6.07, 6.45) is 4.86. The molecule has 0 bridgehead atoms. The molecule has 0 spiro atoms. The standard InChI is InChI=1S/C24H30N2O3/c1-28-23-9-5-8-20-21(23)10-11-22(20)25-24(27)26-15-12-19(13-16-26)29-17-14-18-6-3-2-4-7-18/h2-9,19,22H,10-17H2,1H3,(H,25,27). The number of fused-ring (bicyclic) bond motifs is 1. The molecule has 1 heterocycles. The number of urea groups is 1. The number of piperidine rings is 1. The molecule has 1 aliphatic carbocycles. The van der Waals surface area contributed by atoms with Crippen molar-refractivity contribution in [2.45, 2.75) is 44.2 Å². The van der Waals surface area contributed by atoms with E-state index in [0.29, 0.717) is 0 Å². The highest BCUT2D eigenvalue weighted by Gasteiger charge is 2.29. The summed E-state index contributed by atoms with van der Waals surface area (Å²) in [6, 6.07) is 16.6. The van der Waals surface area contributed by atoms with Crippen molar-refractivity contribution in [3.05, 3.63) is 65.2 Å². The molecule has 1 saturated heterocycles. The van der Waals surface area contributed by atoms with E-state index in [4.69, 9.17) is 9.47 Å². The number of carbonyl (C=O) groups is 1. The number of methoxy groups -OCH3 is 1. The number of likely N-dealkylation sites (tertiary alicyclic amines) is 1. The number of amides is 2. The number of benzene rings is 2. The summed E-state index contributed by atoms with van der Waals surface area (Å²) in [4.78, 5) is 14.7. The normalized spacial score (nSPS) is 19.1. The van der Waals surface area contributed by atoms with Crippen LogP contribution in [0, 0.1) is 0 Å². The first kappa shape index (κ1) is 19.8. The SMILES string of the molecule is COc1cccc2c1CCC2NC(=O)N1CCC(OCCc2ccccc2)CC1. The Labute approximate surface area is 173 Å². The zero-order chi connectivity index (χ0) is 20.1. The second-order valence-corrected chi connectivity index (χ2v) is 7.86. The number of hydrogen-bond donors (Lipinski definition) is 1. The summed E-state index contributed by atoms with van der Waals surface area (Å²) in [7, 11) is 1.70. The lowest BCUT2D eigenvalue weighted by Gasteiger charge is -2.33. The van der Waals surface area contributed by atoms with E-state index in [1.54, 1.807) is 7.11 Å². The Morgan fingerprint density at radius 2 is 1.86 bits per heavy atom. The maximum absolute atomic E-state index is 12.8. The summed E-state index contributed by atoms with van der Waals surface area (Å²) in [5.41, 5.74) is 3.72. The predicted octanol–water partition coefficient (Wildman–Crippen LogP) is 4.12. The van der Waals surface area contributed by atoms with Crippen LogP contribution in [-0.2, 0) is 17.6 Å². The predicted molar refractivity (Wildman–Crippen MR) is 113 cm³/mol. The molecule has 29 heavy (non-hydrogen) atoms. The van der Waals surface area contributed by atoms with Gasteiger partial charge in [-0.3, -0.25) is 0 Å². The van der Waals surface area contributed by atoms with Crippen molar-refractivity contribution in [1.29, 1.82) is 0 Å². The van der Waals surface area contributed by atoms with Crippen LogP contribution in [0.2, 0.25) is 0 Å².